The van der Waals surface area contributed by atoms with E-state index in [2.05, 4.69) is 146 Å². The minimum absolute atomic E-state index is 0.764. The van der Waals surface area contributed by atoms with Crippen molar-refractivity contribution >= 4 is 0 Å². The first-order valence-electron chi connectivity index (χ1n) is 15.4. The lowest BCUT2D eigenvalue weighted by Gasteiger charge is -2.57. The Bertz CT molecular complexity index is 1720. The maximum atomic E-state index is 5.68. The van der Waals surface area contributed by atoms with E-state index in [1.165, 1.54) is 22.3 Å². The molecule has 0 saturated carbocycles. The number of benzene rings is 6. The SMILES string of the molecule is COc1ccc(C2(c3ccc(OC)cc3)c3ccccc3-c3ccccc3C2(c2ccc(OC)cc2)c2ccc(OC)cc2)cc1. The molecule has 46 heavy (non-hydrogen) atoms. The van der Waals surface area contributed by atoms with Crippen LogP contribution >= 0.6 is 0 Å². The van der Waals surface area contributed by atoms with Gasteiger partial charge >= 0.3 is 0 Å². The summed E-state index contributed by atoms with van der Waals surface area (Å²) in [6.45, 7) is 0. The summed E-state index contributed by atoms with van der Waals surface area (Å²) in [5, 5.41) is 0. The van der Waals surface area contributed by atoms with Gasteiger partial charge in [-0.25, -0.2) is 0 Å². The van der Waals surface area contributed by atoms with Gasteiger partial charge < -0.3 is 18.9 Å². The Balaban J connectivity index is 1.76. The Morgan fingerprint density at radius 1 is 0.304 bits per heavy atom. The van der Waals surface area contributed by atoms with Gasteiger partial charge in [0.25, 0.3) is 0 Å². The van der Waals surface area contributed by atoms with Crippen LogP contribution in [0.4, 0.5) is 0 Å². The normalized spacial score (nSPS) is 14.0. The maximum Gasteiger partial charge on any atom is 0.118 e. The highest BCUT2D eigenvalue weighted by molar-refractivity contribution is 5.86. The van der Waals surface area contributed by atoms with Crippen molar-refractivity contribution in [1.29, 1.82) is 0 Å². The number of hydrogen-bond acceptors (Lipinski definition) is 4. The molecule has 0 amide bonds. The topological polar surface area (TPSA) is 36.9 Å². The molecule has 4 heteroatoms. The van der Waals surface area contributed by atoms with E-state index in [-0.39, 0.29) is 0 Å². The fraction of sp³-hybridized carbons (Fsp3) is 0.143. The summed E-state index contributed by atoms with van der Waals surface area (Å²) in [5.74, 6) is 3.21. The van der Waals surface area contributed by atoms with Crippen LogP contribution in [0, 0.1) is 0 Å². The first-order valence-corrected chi connectivity index (χ1v) is 15.4. The second-order valence-electron chi connectivity index (χ2n) is 11.5. The molecule has 0 aliphatic heterocycles. The van der Waals surface area contributed by atoms with Gasteiger partial charge in [0.2, 0.25) is 0 Å². The number of fused-ring (bicyclic) bond motifs is 3. The van der Waals surface area contributed by atoms with Gasteiger partial charge in [-0.05, 0) is 93.0 Å². The van der Waals surface area contributed by atoms with Crippen molar-refractivity contribution < 1.29 is 18.9 Å². The van der Waals surface area contributed by atoms with Crippen molar-refractivity contribution in [2.45, 2.75) is 10.8 Å². The van der Waals surface area contributed by atoms with E-state index in [4.69, 9.17) is 18.9 Å². The molecular formula is C42H36O4. The average Bonchev–Trinajstić information content (AvgIpc) is 3.14. The second kappa shape index (κ2) is 11.8. The third kappa shape index (κ3) is 4.21. The molecule has 0 spiro atoms. The monoisotopic (exact) mass is 604 g/mol. The van der Waals surface area contributed by atoms with Gasteiger partial charge in [-0.15, -0.1) is 0 Å². The van der Waals surface area contributed by atoms with E-state index in [9.17, 15) is 0 Å². The Labute approximate surface area is 270 Å². The van der Waals surface area contributed by atoms with Crippen LogP contribution in [-0.4, -0.2) is 28.4 Å². The van der Waals surface area contributed by atoms with Crippen LogP contribution in [0.5, 0.6) is 23.0 Å². The third-order valence-electron chi connectivity index (χ3n) is 9.61. The summed E-state index contributed by atoms with van der Waals surface area (Å²) < 4.78 is 22.7. The summed E-state index contributed by atoms with van der Waals surface area (Å²) in [5.41, 5.74) is 7.80. The molecule has 0 fully saturated rings. The lowest BCUT2D eigenvalue weighted by Crippen LogP contribution is -2.54. The van der Waals surface area contributed by atoms with Gasteiger partial charge in [0, 0.05) is 0 Å². The second-order valence-corrected chi connectivity index (χ2v) is 11.5. The zero-order chi connectivity index (χ0) is 31.7. The van der Waals surface area contributed by atoms with Crippen LogP contribution < -0.4 is 18.9 Å². The first kappa shape index (κ1) is 29.2. The molecule has 228 valence electrons. The largest absolute Gasteiger partial charge is 0.497 e. The Morgan fingerprint density at radius 2 is 0.543 bits per heavy atom. The Hall–Kier alpha value is -5.48. The van der Waals surface area contributed by atoms with E-state index in [1.807, 2.05) is 0 Å². The molecule has 1 aliphatic carbocycles. The quantitative estimate of drug-likeness (QED) is 0.174. The third-order valence-corrected chi connectivity index (χ3v) is 9.61. The number of methoxy groups -OCH3 is 4. The van der Waals surface area contributed by atoms with E-state index < -0.39 is 10.8 Å². The lowest BCUT2D eigenvalue weighted by molar-refractivity contribution is 0.397. The molecule has 0 atom stereocenters. The van der Waals surface area contributed by atoms with Gasteiger partial charge in [-0.2, -0.15) is 0 Å². The molecule has 4 nitrogen and oxygen atoms in total. The van der Waals surface area contributed by atoms with E-state index in [0.717, 1.165) is 45.3 Å². The summed E-state index contributed by atoms with van der Waals surface area (Å²) in [6.07, 6.45) is 0. The van der Waals surface area contributed by atoms with Crippen LogP contribution in [0.2, 0.25) is 0 Å². The zero-order valence-corrected chi connectivity index (χ0v) is 26.5. The minimum atomic E-state index is -0.764. The molecule has 7 rings (SSSR count). The van der Waals surface area contributed by atoms with Gasteiger partial charge in [0.15, 0.2) is 0 Å². The molecule has 0 heterocycles. The Kier molecular flexibility index (Phi) is 7.50. The summed E-state index contributed by atoms with van der Waals surface area (Å²) in [6, 6.07) is 51.9. The van der Waals surface area contributed by atoms with Crippen LogP contribution in [0.3, 0.4) is 0 Å². The number of hydrogen-bond donors (Lipinski definition) is 0. The van der Waals surface area contributed by atoms with E-state index in [0.29, 0.717) is 0 Å². The summed E-state index contributed by atoms with van der Waals surface area (Å²) in [4.78, 5) is 0. The fourth-order valence-electron chi connectivity index (χ4n) is 7.68. The number of rotatable bonds is 8. The molecule has 6 aromatic rings. The van der Waals surface area contributed by atoms with Crippen molar-refractivity contribution in [3.8, 4) is 34.1 Å². The average molecular weight is 605 g/mol. The first-order chi connectivity index (χ1) is 22.6. The van der Waals surface area contributed by atoms with Crippen molar-refractivity contribution in [3.05, 3.63) is 179 Å². The molecule has 1 aliphatic rings. The highest BCUT2D eigenvalue weighted by Crippen LogP contribution is 2.65. The maximum absolute atomic E-state index is 5.68. The Morgan fingerprint density at radius 3 is 0.783 bits per heavy atom. The minimum Gasteiger partial charge on any atom is -0.497 e. The molecule has 6 aromatic carbocycles. The molecule has 0 radical (unpaired) electrons. The van der Waals surface area contributed by atoms with E-state index >= 15 is 0 Å². The van der Waals surface area contributed by atoms with Crippen molar-refractivity contribution in [3.63, 3.8) is 0 Å². The predicted octanol–water partition coefficient (Wildman–Crippen LogP) is 9.07. The predicted molar refractivity (Wildman–Crippen MR) is 184 cm³/mol. The van der Waals surface area contributed by atoms with E-state index in [1.54, 1.807) is 28.4 Å². The molecule has 0 saturated heterocycles. The molecule has 0 N–H and O–H groups in total. The number of ether oxygens (including phenoxy) is 4. The lowest BCUT2D eigenvalue weighted by atomic mass is 9.43. The van der Waals surface area contributed by atoms with Gasteiger partial charge in [0.05, 0.1) is 39.3 Å². The highest BCUT2D eigenvalue weighted by Gasteiger charge is 2.61. The van der Waals surface area contributed by atoms with Crippen LogP contribution in [0.15, 0.2) is 146 Å². The molecular weight excluding hydrogens is 568 g/mol. The zero-order valence-electron chi connectivity index (χ0n) is 26.5. The summed E-state index contributed by atoms with van der Waals surface area (Å²) >= 11 is 0. The van der Waals surface area contributed by atoms with Gasteiger partial charge in [-0.3, -0.25) is 0 Å². The van der Waals surface area contributed by atoms with Crippen LogP contribution in [-0.2, 0) is 10.8 Å². The highest BCUT2D eigenvalue weighted by atomic mass is 16.5. The van der Waals surface area contributed by atoms with Gasteiger partial charge in [-0.1, -0.05) is 97.1 Å². The standard InChI is InChI=1S/C42H36O4/c1-43-33-21-13-29(14-22-33)41(30-15-23-34(44-2)24-16-30)39-11-7-5-9-37(39)38-10-6-8-12-40(38)42(41,31-17-25-35(45-3)26-18-31)32-19-27-36(46-4)28-20-32/h5-28H,1-4H3. The summed E-state index contributed by atoms with van der Waals surface area (Å²) in [7, 11) is 6.83. The molecule has 0 bridgehead atoms. The van der Waals surface area contributed by atoms with Gasteiger partial charge in [0.1, 0.15) is 23.0 Å². The molecule has 0 unspecified atom stereocenters. The van der Waals surface area contributed by atoms with Crippen molar-refractivity contribution in [1.82, 2.24) is 0 Å². The van der Waals surface area contributed by atoms with Crippen LogP contribution in [0.25, 0.3) is 11.1 Å². The van der Waals surface area contributed by atoms with Crippen molar-refractivity contribution in [2.24, 2.45) is 0 Å². The van der Waals surface area contributed by atoms with Crippen LogP contribution in [0.1, 0.15) is 33.4 Å². The smallest absolute Gasteiger partial charge is 0.118 e. The fourth-order valence-corrected chi connectivity index (χ4v) is 7.68. The molecule has 0 aromatic heterocycles. The van der Waals surface area contributed by atoms with Crippen molar-refractivity contribution in [2.75, 3.05) is 28.4 Å².